The van der Waals surface area contributed by atoms with Crippen LogP contribution < -0.4 is 9.47 Å². The second kappa shape index (κ2) is 6.68. The molecule has 0 atom stereocenters. The summed E-state index contributed by atoms with van der Waals surface area (Å²) in [6, 6.07) is 6.78. The molecular formula is C16H14F4O2. The highest BCUT2D eigenvalue weighted by Crippen LogP contribution is 2.27. The van der Waals surface area contributed by atoms with Gasteiger partial charge in [0.05, 0.1) is 6.10 Å². The number of halogens is 4. The largest absolute Gasteiger partial charge is 0.491 e. The maximum Gasteiger partial charge on any atom is 0.203 e. The maximum absolute atomic E-state index is 13.5. The predicted molar refractivity (Wildman–Crippen MR) is 72.8 cm³/mol. The van der Waals surface area contributed by atoms with E-state index in [4.69, 9.17) is 9.47 Å². The van der Waals surface area contributed by atoms with Crippen molar-refractivity contribution < 1.29 is 27.0 Å². The smallest absolute Gasteiger partial charge is 0.203 e. The summed E-state index contributed by atoms with van der Waals surface area (Å²) in [6.07, 6.45) is -0.0385. The number of benzene rings is 2. The van der Waals surface area contributed by atoms with Crippen molar-refractivity contribution in [1.82, 2.24) is 0 Å². The molecule has 2 aromatic rings. The van der Waals surface area contributed by atoms with Gasteiger partial charge in [0, 0.05) is 6.07 Å². The SMILES string of the molecule is CC(C)Oc1cccc(COc2c(F)c(F)cc(F)c2F)c1. The minimum atomic E-state index is -1.56. The molecular weight excluding hydrogens is 300 g/mol. The van der Waals surface area contributed by atoms with E-state index < -0.39 is 29.0 Å². The number of rotatable bonds is 5. The third-order valence-corrected chi connectivity index (χ3v) is 2.72. The van der Waals surface area contributed by atoms with Crippen molar-refractivity contribution in [3.8, 4) is 11.5 Å². The van der Waals surface area contributed by atoms with Gasteiger partial charge in [-0.05, 0) is 31.5 Å². The first-order valence-electron chi connectivity index (χ1n) is 6.60. The van der Waals surface area contributed by atoms with Crippen LogP contribution in [-0.2, 0) is 6.61 Å². The Morgan fingerprint density at radius 1 is 0.955 bits per heavy atom. The molecule has 118 valence electrons. The Bertz CT molecular complexity index is 645. The van der Waals surface area contributed by atoms with Crippen LogP contribution in [0.15, 0.2) is 30.3 Å². The van der Waals surface area contributed by atoms with Crippen molar-refractivity contribution >= 4 is 0 Å². The van der Waals surface area contributed by atoms with Gasteiger partial charge in [-0.2, -0.15) is 8.78 Å². The Labute approximate surface area is 125 Å². The number of hydrogen-bond acceptors (Lipinski definition) is 2. The minimum absolute atomic E-state index is 0.0385. The molecule has 0 spiro atoms. The average molecular weight is 314 g/mol. The van der Waals surface area contributed by atoms with Crippen LogP contribution in [-0.4, -0.2) is 6.10 Å². The molecule has 0 bridgehead atoms. The minimum Gasteiger partial charge on any atom is -0.491 e. The summed E-state index contributed by atoms with van der Waals surface area (Å²) in [5.74, 6) is -6.66. The fourth-order valence-corrected chi connectivity index (χ4v) is 1.81. The average Bonchev–Trinajstić information content (AvgIpc) is 2.45. The Balaban J connectivity index is 2.17. The molecule has 2 aromatic carbocycles. The van der Waals surface area contributed by atoms with Crippen LogP contribution in [0.25, 0.3) is 0 Å². The fraction of sp³-hybridized carbons (Fsp3) is 0.250. The Morgan fingerprint density at radius 2 is 1.59 bits per heavy atom. The zero-order chi connectivity index (χ0) is 16.3. The second-order valence-electron chi connectivity index (χ2n) is 4.90. The summed E-state index contributed by atoms with van der Waals surface area (Å²) < 4.78 is 63.4. The van der Waals surface area contributed by atoms with Gasteiger partial charge in [-0.25, -0.2) is 8.78 Å². The summed E-state index contributed by atoms with van der Waals surface area (Å²) in [5, 5.41) is 0. The molecule has 0 saturated carbocycles. The molecule has 0 radical (unpaired) electrons. The van der Waals surface area contributed by atoms with Gasteiger partial charge in [0.15, 0.2) is 17.4 Å². The standard InChI is InChI=1S/C16H14F4O2/c1-9(2)22-11-5-3-4-10(6-11)8-21-16-14(19)12(17)7-13(18)15(16)20/h3-7,9H,8H2,1-2H3. The summed E-state index contributed by atoms with van der Waals surface area (Å²) in [7, 11) is 0. The van der Waals surface area contributed by atoms with Gasteiger partial charge in [0.2, 0.25) is 11.6 Å². The van der Waals surface area contributed by atoms with Crippen molar-refractivity contribution in [3.05, 3.63) is 59.2 Å². The van der Waals surface area contributed by atoms with Gasteiger partial charge in [-0.3, -0.25) is 0 Å². The van der Waals surface area contributed by atoms with Crippen LogP contribution in [0.4, 0.5) is 17.6 Å². The van der Waals surface area contributed by atoms with Crippen LogP contribution in [0.2, 0.25) is 0 Å². The second-order valence-corrected chi connectivity index (χ2v) is 4.90. The molecule has 0 aliphatic carbocycles. The molecule has 22 heavy (non-hydrogen) atoms. The lowest BCUT2D eigenvalue weighted by Gasteiger charge is -2.12. The molecule has 0 saturated heterocycles. The van der Waals surface area contributed by atoms with Crippen molar-refractivity contribution in [2.24, 2.45) is 0 Å². The van der Waals surface area contributed by atoms with E-state index in [1.807, 2.05) is 13.8 Å². The van der Waals surface area contributed by atoms with Crippen LogP contribution in [0.1, 0.15) is 19.4 Å². The van der Waals surface area contributed by atoms with E-state index in [0.717, 1.165) is 0 Å². The molecule has 0 aliphatic heterocycles. The molecule has 0 heterocycles. The normalized spacial score (nSPS) is 10.9. The molecule has 2 rings (SSSR count). The monoisotopic (exact) mass is 314 g/mol. The van der Waals surface area contributed by atoms with Gasteiger partial charge < -0.3 is 9.47 Å². The lowest BCUT2D eigenvalue weighted by atomic mass is 10.2. The topological polar surface area (TPSA) is 18.5 Å². The van der Waals surface area contributed by atoms with E-state index in [-0.39, 0.29) is 18.8 Å². The first-order chi connectivity index (χ1) is 10.4. The summed E-state index contributed by atoms with van der Waals surface area (Å²) in [5.41, 5.74) is 0.543. The fourth-order valence-electron chi connectivity index (χ4n) is 1.81. The molecule has 0 fully saturated rings. The molecule has 0 aliphatic rings. The third kappa shape index (κ3) is 3.69. The van der Waals surface area contributed by atoms with Crippen molar-refractivity contribution in [2.45, 2.75) is 26.6 Å². The molecule has 0 amide bonds. The zero-order valence-electron chi connectivity index (χ0n) is 12.0. The Hall–Kier alpha value is -2.24. The predicted octanol–water partition coefficient (Wildman–Crippen LogP) is 4.61. The molecule has 2 nitrogen and oxygen atoms in total. The first-order valence-corrected chi connectivity index (χ1v) is 6.60. The maximum atomic E-state index is 13.5. The highest BCUT2D eigenvalue weighted by molar-refractivity contribution is 5.31. The van der Waals surface area contributed by atoms with E-state index in [9.17, 15) is 17.6 Å². The highest BCUT2D eigenvalue weighted by Gasteiger charge is 2.20. The lowest BCUT2D eigenvalue weighted by molar-refractivity contribution is 0.239. The van der Waals surface area contributed by atoms with Crippen LogP contribution in [0.5, 0.6) is 11.5 Å². The zero-order valence-corrected chi connectivity index (χ0v) is 12.0. The van der Waals surface area contributed by atoms with Crippen molar-refractivity contribution in [1.29, 1.82) is 0 Å². The van der Waals surface area contributed by atoms with E-state index in [1.165, 1.54) is 0 Å². The van der Waals surface area contributed by atoms with E-state index in [1.54, 1.807) is 24.3 Å². The summed E-state index contributed by atoms with van der Waals surface area (Å²) in [4.78, 5) is 0. The van der Waals surface area contributed by atoms with Gasteiger partial charge >= 0.3 is 0 Å². The summed E-state index contributed by atoms with van der Waals surface area (Å²) in [6.45, 7) is 3.44. The molecule has 0 N–H and O–H groups in total. The number of ether oxygens (including phenoxy) is 2. The van der Waals surface area contributed by atoms with Crippen molar-refractivity contribution in [3.63, 3.8) is 0 Å². The molecule has 6 heteroatoms. The van der Waals surface area contributed by atoms with Gasteiger partial charge in [-0.15, -0.1) is 0 Å². The van der Waals surface area contributed by atoms with E-state index in [2.05, 4.69) is 0 Å². The van der Waals surface area contributed by atoms with E-state index in [0.29, 0.717) is 11.3 Å². The summed E-state index contributed by atoms with van der Waals surface area (Å²) >= 11 is 0. The number of hydrogen-bond donors (Lipinski definition) is 0. The van der Waals surface area contributed by atoms with Crippen LogP contribution in [0, 0.1) is 23.3 Å². The quantitative estimate of drug-likeness (QED) is 0.593. The van der Waals surface area contributed by atoms with Gasteiger partial charge in [-0.1, -0.05) is 12.1 Å². The lowest BCUT2D eigenvalue weighted by Crippen LogP contribution is -2.07. The Morgan fingerprint density at radius 3 is 2.18 bits per heavy atom. The molecule has 0 aromatic heterocycles. The van der Waals surface area contributed by atoms with Crippen LogP contribution >= 0.6 is 0 Å². The highest BCUT2D eigenvalue weighted by atomic mass is 19.2. The molecule has 0 unspecified atom stereocenters. The first kappa shape index (κ1) is 16.1. The van der Waals surface area contributed by atoms with Crippen LogP contribution in [0.3, 0.4) is 0 Å². The third-order valence-electron chi connectivity index (χ3n) is 2.72. The van der Waals surface area contributed by atoms with E-state index >= 15 is 0 Å². The van der Waals surface area contributed by atoms with Gasteiger partial charge in [0.25, 0.3) is 0 Å². The van der Waals surface area contributed by atoms with Gasteiger partial charge in [0.1, 0.15) is 12.4 Å². The van der Waals surface area contributed by atoms with Crippen molar-refractivity contribution in [2.75, 3.05) is 0 Å². The Kier molecular flexibility index (Phi) is 4.90.